The molecule has 3 aromatic rings. The van der Waals surface area contributed by atoms with Gasteiger partial charge in [0.25, 0.3) is 0 Å². The highest BCUT2D eigenvalue weighted by atomic mass is 35.5. The fourth-order valence-corrected chi connectivity index (χ4v) is 3.61. The van der Waals surface area contributed by atoms with Crippen LogP contribution in [-0.2, 0) is 4.79 Å². The Labute approximate surface area is 175 Å². The van der Waals surface area contributed by atoms with E-state index in [9.17, 15) is 23.1 Å². The second-order valence-electron chi connectivity index (χ2n) is 6.76. The van der Waals surface area contributed by atoms with Crippen molar-refractivity contribution in [2.24, 2.45) is 0 Å². The molecule has 30 heavy (non-hydrogen) atoms. The van der Waals surface area contributed by atoms with E-state index in [0.29, 0.717) is 11.1 Å². The Balaban J connectivity index is 1.81. The molecule has 0 saturated carbocycles. The van der Waals surface area contributed by atoms with Crippen molar-refractivity contribution in [2.75, 3.05) is 0 Å². The first-order valence-electron chi connectivity index (χ1n) is 8.91. The van der Waals surface area contributed by atoms with Crippen molar-refractivity contribution < 1.29 is 27.8 Å². The molecule has 1 heterocycles. The summed E-state index contributed by atoms with van der Waals surface area (Å²) in [6.07, 6.45) is -6.48. The van der Waals surface area contributed by atoms with Gasteiger partial charge in [-0.25, -0.2) is 4.79 Å². The zero-order valence-electron chi connectivity index (χ0n) is 15.3. The highest BCUT2D eigenvalue weighted by molar-refractivity contribution is 6.31. The molecule has 1 aliphatic rings. The molecule has 1 N–H and O–H groups in total. The number of ether oxygens (including phenoxy) is 1. The molecule has 1 atom stereocenters. The summed E-state index contributed by atoms with van der Waals surface area (Å²) in [6, 6.07) is 19.7. The van der Waals surface area contributed by atoms with Crippen LogP contribution in [0.15, 0.2) is 72.3 Å². The number of benzene rings is 3. The van der Waals surface area contributed by atoms with Crippen molar-refractivity contribution in [3.05, 3.63) is 82.9 Å². The van der Waals surface area contributed by atoms with Gasteiger partial charge in [0.2, 0.25) is 6.10 Å². The summed E-state index contributed by atoms with van der Waals surface area (Å²) in [7, 11) is 0. The minimum atomic E-state index is -4.88. The molecule has 152 valence electrons. The van der Waals surface area contributed by atoms with E-state index in [2.05, 4.69) is 0 Å². The normalized spacial score (nSPS) is 15.7. The molecule has 0 aliphatic carbocycles. The van der Waals surface area contributed by atoms with Crippen molar-refractivity contribution in [1.82, 2.24) is 0 Å². The molecule has 4 rings (SSSR count). The Kier molecular flexibility index (Phi) is 5.03. The van der Waals surface area contributed by atoms with Crippen molar-refractivity contribution >= 4 is 23.6 Å². The lowest BCUT2D eigenvalue weighted by molar-refractivity contribution is -0.187. The maximum Gasteiger partial charge on any atom is 0.430 e. The quantitative estimate of drug-likeness (QED) is 0.518. The summed E-state index contributed by atoms with van der Waals surface area (Å²) in [6.45, 7) is 0. The topological polar surface area (TPSA) is 46.5 Å². The van der Waals surface area contributed by atoms with Gasteiger partial charge in [0, 0.05) is 16.1 Å². The van der Waals surface area contributed by atoms with Gasteiger partial charge in [-0.2, -0.15) is 13.2 Å². The van der Waals surface area contributed by atoms with Crippen LogP contribution in [0.4, 0.5) is 13.2 Å². The van der Waals surface area contributed by atoms with Crippen LogP contribution in [0.25, 0.3) is 28.3 Å². The minimum absolute atomic E-state index is 0.0563. The first-order chi connectivity index (χ1) is 14.2. The molecular weight excluding hydrogens is 417 g/mol. The summed E-state index contributed by atoms with van der Waals surface area (Å²) in [5.74, 6) is -1.75. The number of aliphatic carboxylic acids is 1. The van der Waals surface area contributed by atoms with Gasteiger partial charge in [0.05, 0.1) is 5.57 Å². The molecule has 0 spiro atoms. The van der Waals surface area contributed by atoms with Gasteiger partial charge < -0.3 is 9.84 Å². The predicted octanol–water partition coefficient (Wildman–Crippen LogP) is 6.47. The third-order valence-electron chi connectivity index (χ3n) is 4.76. The van der Waals surface area contributed by atoms with E-state index in [1.807, 2.05) is 42.5 Å². The van der Waals surface area contributed by atoms with Crippen LogP contribution in [0.1, 0.15) is 5.56 Å². The molecule has 3 nitrogen and oxygen atoms in total. The van der Waals surface area contributed by atoms with E-state index in [1.54, 1.807) is 12.1 Å². The number of halogens is 4. The van der Waals surface area contributed by atoms with Gasteiger partial charge in [0.1, 0.15) is 5.75 Å². The summed E-state index contributed by atoms with van der Waals surface area (Å²) in [4.78, 5) is 11.4. The number of alkyl halides is 3. The second kappa shape index (κ2) is 7.54. The molecule has 0 aromatic heterocycles. The van der Waals surface area contributed by atoms with Crippen molar-refractivity contribution in [1.29, 1.82) is 0 Å². The molecule has 0 bridgehead atoms. The first-order valence-corrected chi connectivity index (χ1v) is 9.29. The average Bonchev–Trinajstić information content (AvgIpc) is 2.72. The molecule has 0 saturated heterocycles. The summed E-state index contributed by atoms with van der Waals surface area (Å²) < 4.78 is 45.5. The monoisotopic (exact) mass is 430 g/mol. The van der Waals surface area contributed by atoms with E-state index < -0.39 is 23.8 Å². The van der Waals surface area contributed by atoms with Crippen molar-refractivity contribution in [2.45, 2.75) is 12.3 Å². The Hall–Kier alpha value is -3.25. The number of hydrogen-bond donors (Lipinski definition) is 1. The molecule has 1 aliphatic heterocycles. The van der Waals surface area contributed by atoms with Crippen LogP contribution in [0.3, 0.4) is 0 Å². The zero-order chi connectivity index (χ0) is 21.5. The number of fused-ring (bicyclic) bond motifs is 1. The van der Waals surface area contributed by atoms with Crippen molar-refractivity contribution in [3.63, 3.8) is 0 Å². The number of carboxylic acid groups (broad SMARTS) is 1. The Morgan fingerprint density at radius 2 is 1.53 bits per heavy atom. The third-order valence-corrected chi connectivity index (χ3v) is 4.98. The highest BCUT2D eigenvalue weighted by Crippen LogP contribution is 2.44. The molecule has 7 heteroatoms. The molecule has 3 aromatic carbocycles. The van der Waals surface area contributed by atoms with Crippen LogP contribution >= 0.6 is 11.6 Å². The van der Waals surface area contributed by atoms with E-state index in [4.69, 9.17) is 16.3 Å². The van der Waals surface area contributed by atoms with Gasteiger partial charge in [-0.3, -0.25) is 0 Å². The predicted molar refractivity (Wildman–Crippen MR) is 108 cm³/mol. The van der Waals surface area contributed by atoms with Crippen molar-refractivity contribution in [3.8, 4) is 28.0 Å². The lowest BCUT2D eigenvalue weighted by Crippen LogP contribution is -2.40. The van der Waals surface area contributed by atoms with E-state index in [0.717, 1.165) is 17.2 Å². The Bertz CT molecular complexity index is 1140. The van der Waals surface area contributed by atoms with Gasteiger partial charge in [-0.1, -0.05) is 66.2 Å². The first kappa shape index (κ1) is 20.0. The van der Waals surface area contributed by atoms with Crippen LogP contribution in [0.5, 0.6) is 5.75 Å². The fourth-order valence-electron chi connectivity index (χ4n) is 3.38. The van der Waals surface area contributed by atoms with Crippen LogP contribution in [0, 0.1) is 0 Å². The third kappa shape index (κ3) is 3.78. The van der Waals surface area contributed by atoms with Gasteiger partial charge in [-0.15, -0.1) is 0 Å². The number of carboxylic acids is 1. The SMILES string of the molecule is O=C(O)C1=Cc2cc(Cl)cc(-c3ccc(-c4ccccc4)cc3)c2OC1C(F)(F)F. The lowest BCUT2D eigenvalue weighted by atomic mass is 9.94. The van der Waals surface area contributed by atoms with Crippen LogP contribution in [0.2, 0.25) is 5.02 Å². The molecule has 0 amide bonds. The van der Waals surface area contributed by atoms with Gasteiger partial charge in [0.15, 0.2) is 0 Å². The fraction of sp³-hybridized carbons (Fsp3) is 0.0870. The molecule has 0 radical (unpaired) electrons. The van der Waals surface area contributed by atoms with Gasteiger partial charge >= 0.3 is 12.1 Å². The van der Waals surface area contributed by atoms with E-state index >= 15 is 0 Å². The smallest absolute Gasteiger partial charge is 0.430 e. The van der Waals surface area contributed by atoms with Gasteiger partial charge in [-0.05, 0) is 34.9 Å². The van der Waals surface area contributed by atoms with Crippen LogP contribution < -0.4 is 4.74 Å². The zero-order valence-corrected chi connectivity index (χ0v) is 16.0. The summed E-state index contributed by atoms with van der Waals surface area (Å²) >= 11 is 6.16. The number of hydrogen-bond acceptors (Lipinski definition) is 2. The molecule has 1 unspecified atom stereocenters. The largest absolute Gasteiger partial charge is 0.478 e. The minimum Gasteiger partial charge on any atom is -0.478 e. The Morgan fingerprint density at radius 3 is 2.13 bits per heavy atom. The second-order valence-corrected chi connectivity index (χ2v) is 7.20. The summed E-state index contributed by atoms with van der Waals surface area (Å²) in [5.41, 5.74) is 2.19. The highest BCUT2D eigenvalue weighted by Gasteiger charge is 2.48. The molecular formula is C23H14ClF3O3. The summed E-state index contributed by atoms with van der Waals surface area (Å²) in [5, 5.41) is 9.47. The number of carbonyl (C=O) groups is 1. The standard InChI is InChI=1S/C23H14ClF3O3/c24-17-10-16-11-19(22(28)29)21(23(25,26)27)30-20(16)18(12-17)15-8-6-14(7-9-15)13-4-2-1-3-5-13/h1-12,21H,(H,28,29). The maximum absolute atomic E-state index is 13.4. The number of rotatable bonds is 3. The van der Waals surface area contributed by atoms with Crippen LogP contribution in [-0.4, -0.2) is 23.4 Å². The Morgan fingerprint density at radius 1 is 0.933 bits per heavy atom. The lowest BCUT2D eigenvalue weighted by Gasteiger charge is -2.28. The maximum atomic E-state index is 13.4. The van der Waals surface area contributed by atoms with E-state index in [1.165, 1.54) is 12.1 Å². The molecule has 0 fully saturated rings. The van der Waals surface area contributed by atoms with E-state index in [-0.39, 0.29) is 16.3 Å². The average molecular weight is 431 g/mol.